The highest BCUT2D eigenvalue weighted by Gasteiger charge is 2.12. The minimum atomic E-state index is -0.271. The Labute approximate surface area is 210 Å². The van der Waals surface area contributed by atoms with Gasteiger partial charge in [-0.2, -0.15) is 5.26 Å². The first kappa shape index (κ1) is 24.6. The number of hydrogen-bond acceptors (Lipinski definition) is 5. The maximum atomic E-state index is 12.3. The topological polar surface area (TPSA) is 100 Å². The number of nitrogens with zero attached hydrogens (tertiary/aromatic N) is 2. The molecule has 0 aliphatic carbocycles. The third-order valence-electron chi connectivity index (χ3n) is 5.98. The van der Waals surface area contributed by atoms with Gasteiger partial charge in [-0.1, -0.05) is 25.1 Å². The van der Waals surface area contributed by atoms with Gasteiger partial charge in [0.15, 0.2) is 18.1 Å². The van der Waals surface area contributed by atoms with Gasteiger partial charge in [0.05, 0.1) is 23.7 Å². The van der Waals surface area contributed by atoms with Crippen LogP contribution >= 0.6 is 0 Å². The molecule has 0 unspecified atom stereocenters. The number of carbonyl (C=O) groups is 1. The second-order valence-electron chi connectivity index (χ2n) is 8.51. The van der Waals surface area contributed by atoms with Crippen molar-refractivity contribution in [3.8, 4) is 17.6 Å². The van der Waals surface area contributed by atoms with E-state index in [-0.39, 0.29) is 12.5 Å². The molecule has 36 heavy (non-hydrogen) atoms. The molecule has 0 radical (unpaired) electrons. The summed E-state index contributed by atoms with van der Waals surface area (Å²) in [6.45, 7) is 5.99. The van der Waals surface area contributed by atoms with E-state index >= 15 is 0 Å². The van der Waals surface area contributed by atoms with Crippen molar-refractivity contribution in [3.63, 3.8) is 0 Å². The fraction of sp³-hybridized carbons (Fsp3) is 0.207. The van der Waals surface area contributed by atoms with Crippen LogP contribution in [-0.2, 0) is 11.2 Å². The van der Waals surface area contributed by atoms with Gasteiger partial charge in [0.2, 0.25) is 0 Å². The lowest BCUT2D eigenvalue weighted by molar-refractivity contribution is -0.118. The Bertz CT molecular complexity index is 1440. The third-order valence-corrected chi connectivity index (χ3v) is 5.98. The number of aryl methyl sites for hydroxylation is 3. The standard InChI is InChI=1S/C29H28N4O3/c1-5-20-6-9-23(10-7-20)31-28(34)17-36-26-11-8-21(15-27(26)35-4)14-22(16-30)29-32-24-12-18(2)19(3)13-25(24)33-29/h6-15H,5,17H2,1-4H3,(H,31,34)(H,32,33). The summed E-state index contributed by atoms with van der Waals surface area (Å²) in [6, 6.07) is 19.2. The van der Waals surface area contributed by atoms with Crippen LogP contribution in [-0.4, -0.2) is 29.6 Å². The molecule has 0 atom stereocenters. The van der Waals surface area contributed by atoms with Crippen molar-refractivity contribution in [2.75, 3.05) is 19.0 Å². The van der Waals surface area contributed by atoms with Crippen LogP contribution in [0.25, 0.3) is 22.7 Å². The second-order valence-corrected chi connectivity index (χ2v) is 8.51. The number of aromatic nitrogens is 2. The average Bonchev–Trinajstić information content (AvgIpc) is 3.29. The van der Waals surface area contributed by atoms with Crippen LogP contribution in [0.2, 0.25) is 0 Å². The van der Waals surface area contributed by atoms with Gasteiger partial charge >= 0.3 is 0 Å². The Kier molecular flexibility index (Phi) is 7.36. The minimum absolute atomic E-state index is 0.164. The number of ether oxygens (including phenoxy) is 2. The van der Waals surface area contributed by atoms with Gasteiger partial charge in [-0.25, -0.2) is 4.98 Å². The SMILES string of the molecule is CCc1ccc(NC(=O)COc2ccc(C=C(C#N)c3nc4cc(C)c(C)cc4[nH]3)cc2OC)cc1. The van der Waals surface area contributed by atoms with Gasteiger partial charge in [0.25, 0.3) is 5.91 Å². The van der Waals surface area contributed by atoms with Crippen molar-refractivity contribution in [1.82, 2.24) is 9.97 Å². The van der Waals surface area contributed by atoms with Crippen molar-refractivity contribution >= 4 is 34.3 Å². The van der Waals surface area contributed by atoms with Crippen LogP contribution < -0.4 is 14.8 Å². The van der Waals surface area contributed by atoms with E-state index in [0.29, 0.717) is 28.6 Å². The molecule has 0 spiro atoms. The Balaban J connectivity index is 1.48. The van der Waals surface area contributed by atoms with Gasteiger partial charge in [0, 0.05) is 5.69 Å². The highest BCUT2D eigenvalue weighted by molar-refractivity contribution is 5.92. The monoisotopic (exact) mass is 480 g/mol. The minimum Gasteiger partial charge on any atom is -0.493 e. The second kappa shape index (κ2) is 10.8. The first-order valence-electron chi connectivity index (χ1n) is 11.7. The Morgan fingerprint density at radius 3 is 2.53 bits per heavy atom. The number of nitrogens with one attached hydrogen (secondary N) is 2. The van der Waals surface area contributed by atoms with Crippen LogP contribution in [0, 0.1) is 25.2 Å². The smallest absolute Gasteiger partial charge is 0.262 e. The van der Waals surface area contributed by atoms with Crippen LogP contribution in [0.5, 0.6) is 11.5 Å². The van der Waals surface area contributed by atoms with Crippen molar-refractivity contribution < 1.29 is 14.3 Å². The zero-order valence-electron chi connectivity index (χ0n) is 20.8. The number of carbonyl (C=O) groups excluding carboxylic acids is 1. The van der Waals surface area contributed by atoms with E-state index in [2.05, 4.69) is 28.3 Å². The zero-order chi connectivity index (χ0) is 25.7. The number of fused-ring (bicyclic) bond motifs is 1. The van der Waals surface area contributed by atoms with Crippen molar-refractivity contribution in [1.29, 1.82) is 5.26 Å². The molecule has 7 heteroatoms. The van der Waals surface area contributed by atoms with E-state index in [4.69, 9.17) is 9.47 Å². The van der Waals surface area contributed by atoms with E-state index in [9.17, 15) is 10.1 Å². The zero-order valence-corrected chi connectivity index (χ0v) is 20.8. The molecule has 1 heterocycles. The molecule has 7 nitrogen and oxygen atoms in total. The fourth-order valence-corrected chi connectivity index (χ4v) is 3.77. The lowest BCUT2D eigenvalue weighted by Crippen LogP contribution is -2.20. The number of amides is 1. The Hall–Kier alpha value is -4.57. The normalized spacial score (nSPS) is 11.2. The molecular weight excluding hydrogens is 452 g/mol. The van der Waals surface area contributed by atoms with Gasteiger partial charge in [-0.05, 0) is 85.0 Å². The average molecular weight is 481 g/mol. The molecule has 2 N–H and O–H groups in total. The molecule has 3 aromatic carbocycles. The number of benzene rings is 3. The number of methoxy groups -OCH3 is 1. The molecule has 0 saturated carbocycles. The van der Waals surface area contributed by atoms with E-state index in [1.54, 1.807) is 24.3 Å². The molecule has 0 saturated heterocycles. The summed E-state index contributed by atoms with van der Waals surface area (Å²) < 4.78 is 11.2. The largest absolute Gasteiger partial charge is 0.493 e. The summed E-state index contributed by atoms with van der Waals surface area (Å²) in [6.07, 6.45) is 2.67. The van der Waals surface area contributed by atoms with Gasteiger partial charge < -0.3 is 19.8 Å². The predicted molar refractivity (Wildman–Crippen MR) is 142 cm³/mol. The van der Waals surface area contributed by atoms with Gasteiger partial charge in [-0.3, -0.25) is 4.79 Å². The Morgan fingerprint density at radius 2 is 1.83 bits per heavy atom. The summed E-state index contributed by atoms with van der Waals surface area (Å²) in [5, 5.41) is 12.6. The van der Waals surface area contributed by atoms with Crippen molar-refractivity contribution in [2.45, 2.75) is 27.2 Å². The number of imidazole rings is 1. The highest BCUT2D eigenvalue weighted by Crippen LogP contribution is 2.30. The lowest BCUT2D eigenvalue weighted by Gasteiger charge is -2.12. The quantitative estimate of drug-likeness (QED) is 0.309. The maximum absolute atomic E-state index is 12.3. The molecule has 4 rings (SSSR count). The molecule has 1 amide bonds. The molecule has 0 fully saturated rings. The van der Waals surface area contributed by atoms with Crippen molar-refractivity contribution in [3.05, 3.63) is 82.7 Å². The molecule has 182 valence electrons. The number of aromatic amines is 1. The molecule has 0 aliphatic rings. The van der Waals surface area contributed by atoms with E-state index in [1.165, 1.54) is 12.7 Å². The van der Waals surface area contributed by atoms with Crippen LogP contribution in [0.4, 0.5) is 5.69 Å². The highest BCUT2D eigenvalue weighted by atomic mass is 16.5. The predicted octanol–water partition coefficient (Wildman–Crippen LogP) is 5.83. The Morgan fingerprint density at radius 1 is 1.08 bits per heavy atom. The summed E-state index contributed by atoms with van der Waals surface area (Å²) >= 11 is 0. The molecule has 4 aromatic rings. The first-order chi connectivity index (χ1) is 17.4. The first-order valence-corrected chi connectivity index (χ1v) is 11.7. The van der Waals surface area contributed by atoms with E-state index in [1.807, 2.05) is 50.2 Å². The number of H-pyrrole nitrogens is 1. The number of allylic oxidation sites excluding steroid dienone is 1. The van der Waals surface area contributed by atoms with Crippen molar-refractivity contribution in [2.24, 2.45) is 0 Å². The fourth-order valence-electron chi connectivity index (χ4n) is 3.77. The van der Waals surface area contributed by atoms with Gasteiger partial charge in [0.1, 0.15) is 11.9 Å². The maximum Gasteiger partial charge on any atom is 0.262 e. The van der Waals surface area contributed by atoms with Crippen LogP contribution in [0.1, 0.15) is 35.0 Å². The molecule has 0 aliphatic heterocycles. The number of anilines is 1. The number of rotatable bonds is 8. The third kappa shape index (κ3) is 5.56. The van der Waals surface area contributed by atoms with Crippen LogP contribution in [0.3, 0.4) is 0 Å². The molecule has 0 bridgehead atoms. The summed E-state index contributed by atoms with van der Waals surface area (Å²) in [7, 11) is 1.53. The van der Waals surface area contributed by atoms with E-state index in [0.717, 1.165) is 34.1 Å². The van der Waals surface area contributed by atoms with Crippen LogP contribution in [0.15, 0.2) is 54.6 Å². The molecular formula is C29H28N4O3. The summed E-state index contributed by atoms with van der Waals surface area (Å²) in [5.74, 6) is 1.11. The summed E-state index contributed by atoms with van der Waals surface area (Å²) in [5.41, 5.74) is 7.05. The number of hydrogen-bond donors (Lipinski definition) is 2. The lowest BCUT2D eigenvalue weighted by atomic mass is 10.1. The van der Waals surface area contributed by atoms with Gasteiger partial charge in [-0.15, -0.1) is 0 Å². The van der Waals surface area contributed by atoms with E-state index < -0.39 is 0 Å². The summed E-state index contributed by atoms with van der Waals surface area (Å²) in [4.78, 5) is 20.2. The number of nitriles is 1. The molecule has 1 aromatic heterocycles.